The summed E-state index contributed by atoms with van der Waals surface area (Å²) in [4.78, 5) is 26.1. The molecule has 1 aliphatic heterocycles. The van der Waals surface area contributed by atoms with E-state index in [0.29, 0.717) is 9.36 Å². The van der Waals surface area contributed by atoms with E-state index in [9.17, 15) is 18.0 Å². The minimum absolute atomic E-state index is 0.167. The Morgan fingerprint density at radius 2 is 1.72 bits per heavy atom. The van der Waals surface area contributed by atoms with Gasteiger partial charge in [-0.25, -0.2) is 8.42 Å². The van der Waals surface area contributed by atoms with Gasteiger partial charge in [-0.05, 0) is 30.3 Å². The monoisotopic (exact) mass is 495 g/mol. The summed E-state index contributed by atoms with van der Waals surface area (Å²) >= 11 is 18.6. The number of nitrogens with one attached hydrogen (secondary N) is 1. The number of hydrogen-bond acceptors (Lipinski definition) is 5. The third-order valence-electron chi connectivity index (χ3n) is 4.31. The van der Waals surface area contributed by atoms with Crippen molar-refractivity contribution in [2.45, 2.75) is 4.21 Å². The molecule has 0 atom stereocenters. The lowest BCUT2D eigenvalue weighted by Gasteiger charge is -2.33. The van der Waals surface area contributed by atoms with Crippen LogP contribution >= 0.6 is 46.1 Å². The molecule has 3 rings (SSSR count). The molecule has 1 fully saturated rings. The topological polar surface area (TPSA) is 86.8 Å². The van der Waals surface area contributed by atoms with E-state index < -0.39 is 15.9 Å². The third kappa shape index (κ3) is 5.22. The van der Waals surface area contributed by atoms with Crippen molar-refractivity contribution < 1.29 is 18.0 Å². The molecule has 0 aliphatic carbocycles. The molecule has 2 aromatic rings. The Kier molecular flexibility index (Phi) is 7.08. The van der Waals surface area contributed by atoms with Gasteiger partial charge in [-0.15, -0.1) is 11.3 Å². The van der Waals surface area contributed by atoms with E-state index in [1.165, 1.54) is 39.5 Å². The molecule has 0 radical (unpaired) electrons. The van der Waals surface area contributed by atoms with Crippen LogP contribution in [-0.2, 0) is 14.8 Å². The molecule has 29 heavy (non-hydrogen) atoms. The van der Waals surface area contributed by atoms with Crippen molar-refractivity contribution in [2.24, 2.45) is 0 Å². The first kappa shape index (κ1) is 22.3. The van der Waals surface area contributed by atoms with Crippen LogP contribution in [0.3, 0.4) is 0 Å². The Balaban J connectivity index is 1.53. The van der Waals surface area contributed by atoms with Gasteiger partial charge in [-0.1, -0.05) is 34.8 Å². The zero-order valence-electron chi connectivity index (χ0n) is 14.9. The second kappa shape index (κ2) is 9.20. The van der Waals surface area contributed by atoms with Crippen molar-refractivity contribution in [1.29, 1.82) is 0 Å². The zero-order valence-corrected chi connectivity index (χ0v) is 18.8. The average molecular weight is 497 g/mol. The van der Waals surface area contributed by atoms with Gasteiger partial charge in [-0.3, -0.25) is 9.59 Å². The molecule has 12 heteroatoms. The molecule has 156 valence electrons. The first-order valence-electron chi connectivity index (χ1n) is 8.45. The van der Waals surface area contributed by atoms with Crippen LogP contribution in [0.2, 0.25) is 14.4 Å². The predicted molar refractivity (Wildman–Crippen MR) is 113 cm³/mol. The molecule has 2 heterocycles. The van der Waals surface area contributed by atoms with Gasteiger partial charge in [0.25, 0.3) is 15.9 Å². The lowest BCUT2D eigenvalue weighted by Crippen LogP contribution is -2.52. The van der Waals surface area contributed by atoms with Gasteiger partial charge in [-0.2, -0.15) is 4.31 Å². The van der Waals surface area contributed by atoms with Gasteiger partial charge < -0.3 is 10.2 Å². The van der Waals surface area contributed by atoms with Crippen molar-refractivity contribution in [3.63, 3.8) is 0 Å². The maximum absolute atomic E-state index is 12.6. The predicted octanol–water partition coefficient (Wildman–Crippen LogP) is 2.97. The summed E-state index contributed by atoms with van der Waals surface area (Å²) in [6.45, 7) is 0.579. The van der Waals surface area contributed by atoms with Crippen LogP contribution in [0.15, 0.2) is 34.5 Å². The summed E-state index contributed by atoms with van der Waals surface area (Å²) < 4.78 is 27.1. The molecule has 0 saturated carbocycles. The van der Waals surface area contributed by atoms with Crippen LogP contribution < -0.4 is 5.32 Å². The van der Waals surface area contributed by atoms with Gasteiger partial charge in [0.1, 0.15) is 4.21 Å². The normalized spacial score (nSPS) is 15.3. The number of sulfonamides is 1. The van der Waals surface area contributed by atoms with Gasteiger partial charge in [0.05, 0.1) is 21.5 Å². The SMILES string of the molecule is O=C(NCC(=O)N1CCN(S(=O)(=O)c2ccc(Cl)s2)CC1)c1ccc(Cl)cc1Cl. The molecule has 7 nitrogen and oxygen atoms in total. The van der Waals surface area contributed by atoms with Crippen LogP contribution in [-0.4, -0.2) is 62.2 Å². The number of hydrogen-bond donors (Lipinski definition) is 1. The molecule has 0 bridgehead atoms. The second-order valence-electron chi connectivity index (χ2n) is 6.15. The largest absolute Gasteiger partial charge is 0.343 e. The highest BCUT2D eigenvalue weighted by Gasteiger charge is 2.31. The molecule has 1 saturated heterocycles. The van der Waals surface area contributed by atoms with Crippen molar-refractivity contribution in [3.8, 4) is 0 Å². The maximum Gasteiger partial charge on any atom is 0.253 e. The van der Waals surface area contributed by atoms with E-state index in [-0.39, 0.29) is 53.4 Å². The quantitative estimate of drug-likeness (QED) is 0.689. The van der Waals surface area contributed by atoms with E-state index in [1.54, 1.807) is 0 Å². The van der Waals surface area contributed by atoms with E-state index in [2.05, 4.69) is 5.32 Å². The van der Waals surface area contributed by atoms with Gasteiger partial charge >= 0.3 is 0 Å². The number of benzene rings is 1. The smallest absolute Gasteiger partial charge is 0.253 e. The highest BCUT2D eigenvalue weighted by molar-refractivity contribution is 7.91. The van der Waals surface area contributed by atoms with E-state index >= 15 is 0 Å². The van der Waals surface area contributed by atoms with Crippen molar-refractivity contribution in [2.75, 3.05) is 32.7 Å². The second-order valence-corrected chi connectivity index (χ2v) is 10.9. The third-order valence-corrected chi connectivity index (χ3v) is 8.45. The van der Waals surface area contributed by atoms with Crippen LogP contribution in [0.25, 0.3) is 0 Å². The van der Waals surface area contributed by atoms with Crippen molar-refractivity contribution in [1.82, 2.24) is 14.5 Å². The first-order valence-corrected chi connectivity index (χ1v) is 11.8. The lowest BCUT2D eigenvalue weighted by molar-refractivity contribution is -0.131. The van der Waals surface area contributed by atoms with E-state index in [4.69, 9.17) is 34.8 Å². The summed E-state index contributed by atoms with van der Waals surface area (Å²) in [7, 11) is -3.63. The number of halogens is 3. The van der Waals surface area contributed by atoms with Crippen LogP contribution in [0.4, 0.5) is 0 Å². The van der Waals surface area contributed by atoms with Gasteiger partial charge in [0.2, 0.25) is 5.91 Å². The molecule has 0 spiro atoms. The molecular weight excluding hydrogens is 481 g/mol. The Morgan fingerprint density at radius 3 is 2.31 bits per heavy atom. The summed E-state index contributed by atoms with van der Waals surface area (Å²) in [6.07, 6.45) is 0. The summed E-state index contributed by atoms with van der Waals surface area (Å²) in [5.74, 6) is -0.796. The van der Waals surface area contributed by atoms with Crippen LogP contribution in [0.5, 0.6) is 0 Å². The Hall–Kier alpha value is -1.36. The van der Waals surface area contributed by atoms with E-state index in [0.717, 1.165) is 11.3 Å². The van der Waals surface area contributed by atoms with E-state index in [1.807, 2.05) is 0 Å². The molecule has 1 aromatic carbocycles. The summed E-state index contributed by atoms with van der Waals surface area (Å²) in [5, 5.41) is 3.12. The fourth-order valence-corrected chi connectivity index (χ4v) is 6.33. The molecule has 2 amide bonds. The number of rotatable bonds is 5. The van der Waals surface area contributed by atoms with Crippen molar-refractivity contribution in [3.05, 3.63) is 50.3 Å². The van der Waals surface area contributed by atoms with Crippen LogP contribution in [0, 0.1) is 0 Å². The fourth-order valence-electron chi connectivity index (χ4n) is 2.78. The van der Waals surface area contributed by atoms with Crippen LogP contribution in [0.1, 0.15) is 10.4 Å². The van der Waals surface area contributed by atoms with Gasteiger partial charge in [0, 0.05) is 31.2 Å². The van der Waals surface area contributed by atoms with Gasteiger partial charge in [0.15, 0.2) is 0 Å². The maximum atomic E-state index is 12.6. The standard InChI is InChI=1S/C17H16Cl3N3O4S2/c18-11-1-2-12(13(19)9-11)17(25)21-10-15(24)22-5-7-23(8-6-22)29(26,27)16-4-3-14(20)28-16/h1-4,9H,5-8,10H2,(H,21,25). The Bertz CT molecular complexity index is 1030. The molecular formula is C17H16Cl3N3O4S2. The fraction of sp³-hybridized carbons (Fsp3) is 0.294. The average Bonchev–Trinajstić information content (AvgIpc) is 3.13. The molecule has 1 N–H and O–H groups in total. The minimum atomic E-state index is -3.63. The number of carbonyl (C=O) groups excluding carboxylic acids is 2. The highest BCUT2D eigenvalue weighted by Crippen LogP contribution is 2.28. The summed E-state index contributed by atoms with van der Waals surface area (Å²) in [5.41, 5.74) is 0.217. The number of thiophene rings is 1. The van der Waals surface area contributed by atoms with Crippen molar-refractivity contribution >= 4 is 68.0 Å². The molecule has 0 unspecified atom stereocenters. The molecule has 1 aliphatic rings. The first-order chi connectivity index (χ1) is 13.7. The summed E-state index contributed by atoms with van der Waals surface area (Å²) in [6, 6.07) is 7.46. The number of amides is 2. The minimum Gasteiger partial charge on any atom is -0.343 e. The number of carbonyl (C=O) groups is 2. The Morgan fingerprint density at radius 1 is 1.03 bits per heavy atom. The molecule has 1 aromatic heterocycles. The lowest BCUT2D eigenvalue weighted by atomic mass is 10.2. The zero-order chi connectivity index (χ0) is 21.2. The Labute approximate surface area is 187 Å². The number of piperazine rings is 1. The number of nitrogens with zero attached hydrogens (tertiary/aromatic N) is 2. The highest BCUT2D eigenvalue weighted by atomic mass is 35.5.